The predicted octanol–water partition coefficient (Wildman–Crippen LogP) is 1.72. The molecule has 0 bridgehead atoms. The molecule has 0 fully saturated rings. The van der Waals surface area contributed by atoms with Crippen LogP contribution in [0.3, 0.4) is 0 Å². The van der Waals surface area contributed by atoms with E-state index in [0.29, 0.717) is 5.56 Å². The zero-order valence-corrected chi connectivity index (χ0v) is 9.82. The lowest BCUT2D eigenvalue weighted by Gasteiger charge is -2.12. The first-order valence-corrected chi connectivity index (χ1v) is 5.14. The molecule has 0 saturated heterocycles. The van der Waals surface area contributed by atoms with Crippen LogP contribution in [0.25, 0.3) is 0 Å². The lowest BCUT2D eigenvalue weighted by atomic mass is 10.0. The number of carbonyl (C=O) groups is 1. The number of hydrogen-bond donors (Lipinski definition) is 2. The number of hydrogen-bond acceptors (Lipinski definition) is 4. The summed E-state index contributed by atoms with van der Waals surface area (Å²) in [4.78, 5) is 11.0. The van der Waals surface area contributed by atoms with Gasteiger partial charge >= 0.3 is 5.97 Å². The number of aromatic hydroxyl groups is 1. The van der Waals surface area contributed by atoms with Gasteiger partial charge in [-0.15, -0.1) is 0 Å². The van der Waals surface area contributed by atoms with Crippen LogP contribution in [0.4, 0.5) is 0 Å². The van der Waals surface area contributed by atoms with E-state index in [-0.39, 0.29) is 12.2 Å². The summed E-state index contributed by atoms with van der Waals surface area (Å²) in [6, 6.07) is 4.35. The molecular weight excluding hydrogens is 262 g/mol. The largest absolute Gasteiger partial charge is 0.508 e. The fraction of sp³-hybridized carbons (Fsp3) is 0.300. The van der Waals surface area contributed by atoms with Crippen LogP contribution in [-0.4, -0.2) is 18.2 Å². The smallest absolute Gasteiger partial charge is 0.307 e. The van der Waals surface area contributed by atoms with Crippen molar-refractivity contribution in [2.75, 3.05) is 7.11 Å². The van der Waals surface area contributed by atoms with Crippen LogP contribution in [0.15, 0.2) is 22.7 Å². The molecule has 0 saturated carbocycles. The average molecular weight is 274 g/mol. The number of halogens is 1. The maximum absolute atomic E-state index is 11.0. The first-order chi connectivity index (χ1) is 7.04. The number of phenols is 1. The minimum atomic E-state index is -0.560. The third kappa shape index (κ3) is 3.21. The Morgan fingerprint density at radius 1 is 1.67 bits per heavy atom. The summed E-state index contributed by atoms with van der Waals surface area (Å²) >= 11 is 3.27. The summed E-state index contributed by atoms with van der Waals surface area (Å²) in [6.07, 6.45) is 0.0422. The fourth-order valence-corrected chi connectivity index (χ4v) is 1.57. The van der Waals surface area contributed by atoms with E-state index in [0.717, 1.165) is 4.47 Å². The number of carbonyl (C=O) groups excluding carboxylic acids is 1. The second-order valence-electron chi connectivity index (χ2n) is 3.09. The monoisotopic (exact) mass is 273 g/mol. The lowest BCUT2D eigenvalue weighted by molar-refractivity contribution is -0.141. The molecule has 5 heteroatoms. The molecule has 0 aliphatic rings. The third-order valence-corrected chi connectivity index (χ3v) is 2.50. The van der Waals surface area contributed by atoms with Crippen LogP contribution in [-0.2, 0) is 9.53 Å². The molecule has 0 spiro atoms. The maximum Gasteiger partial charge on any atom is 0.307 e. The Morgan fingerprint density at radius 2 is 2.33 bits per heavy atom. The minimum Gasteiger partial charge on any atom is -0.508 e. The number of benzene rings is 1. The van der Waals surface area contributed by atoms with Crippen molar-refractivity contribution in [2.45, 2.75) is 12.5 Å². The molecule has 0 aliphatic carbocycles. The van der Waals surface area contributed by atoms with Crippen LogP contribution in [0, 0.1) is 0 Å². The van der Waals surface area contributed by atoms with E-state index >= 15 is 0 Å². The summed E-state index contributed by atoms with van der Waals surface area (Å²) in [5.74, 6) is -0.323. The summed E-state index contributed by atoms with van der Waals surface area (Å²) in [6.45, 7) is 0. The van der Waals surface area contributed by atoms with Gasteiger partial charge in [-0.05, 0) is 18.2 Å². The zero-order chi connectivity index (χ0) is 11.4. The van der Waals surface area contributed by atoms with Crippen molar-refractivity contribution in [2.24, 2.45) is 5.73 Å². The highest BCUT2D eigenvalue weighted by Crippen LogP contribution is 2.28. The van der Waals surface area contributed by atoms with Crippen LogP contribution >= 0.6 is 15.9 Å². The van der Waals surface area contributed by atoms with Crippen LogP contribution < -0.4 is 5.73 Å². The van der Waals surface area contributed by atoms with Crippen molar-refractivity contribution in [3.05, 3.63) is 28.2 Å². The number of ether oxygens (including phenoxy) is 1. The summed E-state index contributed by atoms with van der Waals surface area (Å²) in [7, 11) is 1.30. The molecule has 0 aromatic heterocycles. The Balaban J connectivity index is 2.85. The van der Waals surface area contributed by atoms with E-state index in [1.165, 1.54) is 13.2 Å². The second kappa shape index (κ2) is 5.14. The number of rotatable bonds is 3. The molecule has 3 N–H and O–H groups in total. The molecule has 0 aliphatic heterocycles. The fourth-order valence-electron chi connectivity index (χ4n) is 1.20. The first-order valence-electron chi connectivity index (χ1n) is 4.35. The zero-order valence-electron chi connectivity index (χ0n) is 8.24. The maximum atomic E-state index is 11.0. The van der Waals surface area contributed by atoms with E-state index in [2.05, 4.69) is 20.7 Å². The van der Waals surface area contributed by atoms with Crippen molar-refractivity contribution in [3.63, 3.8) is 0 Å². The molecule has 0 unspecified atom stereocenters. The predicted molar refractivity (Wildman–Crippen MR) is 59.4 cm³/mol. The molecule has 4 nitrogen and oxygen atoms in total. The van der Waals surface area contributed by atoms with Gasteiger partial charge in [0, 0.05) is 16.1 Å². The molecular formula is C10H12BrNO3. The van der Waals surface area contributed by atoms with Gasteiger partial charge in [-0.3, -0.25) is 4.79 Å². The molecule has 1 aromatic rings. The van der Waals surface area contributed by atoms with E-state index in [1.807, 2.05) is 0 Å². The molecule has 1 atom stereocenters. The molecule has 1 rings (SSSR count). The molecule has 15 heavy (non-hydrogen) atoms. The van der Waals surface area contributed by atoms with Crippen molar-refractivity contribution in [3.8, 4) is 5.75 Å². The van der Waals surface area contributed by atoms with Crippen LogP contribution in [0.1, 0.15) is 18.0 Å². The Bertz CT molecular complexity index is 368. The molecule has 0 amide bonds. The standard InChI is InChI=1S/C10H12BrNO3/c1-15-10(14)5-8(12)7-4-6(11)2-3-9(7)13/h2-4,8,13H,5,12H2,1H3/t8-/m0/s1. The number of methoxy groups -OCH3 is 1. The van der Waals surface area contributed by atoms with Gasteiger partial charge in [0.2, 0.25) is 0 Å². The summed E-state index contributed by atoms with van der Waals surface area (Å²) in [5.41, 5.74) is 6.28. The van der Waals surface area contributed by atoms with Gasteiger partial charge in [-0.1, -0.05) is 15.9 Å². The molecule has 0 heterocycles. The summed E-state index contributed by atoms with van der Waals surface area (Å²) in [5, 5.41) is 9.54. The first kappa shape index (κ1) is 12.0. The van der Waals surface area contributed by atoms with Crippen molar-refractivity contribution in [1.29, 1.82) is 0 Å². The number of phenolic OH excluding ortho intramolecular Hbond substituents is 1. The summed E-state index contributed by atoms with van der Waals surface area (Å²) < 4.78 is 5.30. The van der Waals surface area contributed by atoms with E-state index in [9.17, 15) is 9.90 Å². The van der Waals surface area contributed by atoms with Crippen LogP contribution in [0.5, 0.6) is 5.75 Å². The van der Waals surface area contributed by atoms with Crippen molar-refractivity contribution >= 4 is 21.9 Å². The van der Waals surface area contributed by atoms with Gasteiger partial charge in [0.05, 0.1) is 13.5 Å². The normalized spacial score (nSPS) is 12.2. The van der Waals surface area contributed by atoms with Gasteiger partial charge in [-0.2, -0.15) is 0 Å². The highest BCUT2D eigenvalue weighted by Gasteiger charge is 2.15. The van der Waals surface area contributed by atoms with Crippen molar-refractivity contribution < 1.29 is 14.6 Å². The minimum absolute atomic E-state index is 0.0422. The van der Waals surface area contributed by atoms with E-state index in [1.54, 1.807) is 12.1 Å². The highest BCUT2D eigenvalue weighted by atomic mass is 79.9. The van der Waals surface area contributed by atoms with Gasteiger partial charge in [0.1, 0.15) is 5.75 Å². The Labute approximate surface area is 96.2 Å². The van der Waals surface area contributed by atoms with Crippen LogP contribution in [0.2, 0.25) is 0 Å². The number of nitrogens with two attached hydrogens (primary N) is 1. The lowest BCUT2D eigenvalue weighted by Crippen LogP contribution is -2.16. The third-order valence-electron chi connectivity index (χ3n) is 2.00. The van der Waals surface area contributed by atoms with E-state index < -0.39 is 12.0 Å². The average Bonchev–Trinajstić information content (AvgIpc) is 2.21. The van der Waals surface area contributed by atoms with Gasteiger partial charge in [-0.25, -0.2) is 0 Å². The Morgan fingerprint density at radius 3 is 2.93 bits per heavy atom. The topological polar surface area (TPSA) is 72.5 Å². The molecule has 0 radical (unpaired) electrons. The second-order valence-corrected chi connectivity index (χ2v) is 4.01. The molecule has 82 valence electrons. The SMILES string of the molecule is COC(=O)C[C@H](N)c1cc(Br)ccc1O. The van der Waals surface area contributed by atoms with Crippen molar-refractivity contribution in [1.82, 2.24) is 0 Å². The van der Waals surface area contributed by atoms with Gasteiger partial charge in [0.25, 0.3) is 0 Å². The highest BCUT2D eigenvalue weighted by molar-refractivity contribution is 9.10. The molecule has 1 aromatic carbocycles. The Kier molecular flexibility index (Phi) is 4.11. The van der Waals surface area contributed by atoms with Gasteiger partial charge in [0.15, 0.2) is 0 Å². The quantitative estimate of drug-likeness (QED) is 0.823. The van der Waals surface area contributed by atoms with E-state index in [4.69, 9.17) is 5.73 Å². The van der Waals surface area contributed by atoms with Gasteiger partial charge < -0.3 is 15.6 Å². The number of esters is 1. The Hall–Kier alpha value is -1.07.